The number of rotatable bonds is 3. The summed E-state index contributed by atoms with van der Waals surface area (Å²) in [5.41, 5.74) is 7.25. The first-order chi connectivity index (χ1) is 10.1. The molecule has 0 bridgehead atoms. The summed E-state index contributed by atoms with van der Waals surface area (Å²) in [4.78, 5) is 16.2. The molecular formula is C15H15N3O3. The normalized spacial score (nSPS) is 13.8. The van der Waals surface area contributed by atoms with E-state index in [0.717, 1.165) is 5.56 Å². The fourth-order valence-corrected chi connectivity index (χ4v) is 2.14. The Morgan fingerprint density at radius 3 is 2.95 bits per heavy atom. The van der Waals surface area contributed by atoms with Gasteiger partial charge in [-0.15, -0.1) is 0 Å². The van der Waals surface area contributed by atoms with E-state index in [9.17, 15) is 4.79 Å². The third-order valence-corrected chi connectivity index (χ3v) is 3.30. The van der Waals surface area contributed by atoms with Crippen molar-refractivity contribution in [2.24, 2.45) is 0 Å². The monoisotopic (exact) mass is 285 g/mol. The van der Waals surface area contributed by atoms with Gasteiger partial charge in [0.1, 0.15) is 0 Å². The molecule has 3 N–H and O–H groups in total. The fraction of sp³-hybridized carbons (Fsp3) is 0.200. The summed E-state index contributed by atoms with van der Waals surface area (Å²) >= 11 is 0. The summed E-state index contributed by atoms with van der Waals surface area (Å²) < 4.78 is 10.6. The number of ether oxygens (including phenoxy) is 2. The van der Waals surface area contributed by atoms with Gasteiger partial charge in [0.05, 0.1) is 11.7 Å². The van der Waals surface area contributed by atoms with Crippen LogP contribution in [0.1, 0.15) is 29.0 Å². The van der Waals surface area contributed by atoms with E-state index in [-0.39, 0.29) is 24.4 Å². The molecule has 1 aromatic heterocycles. The molecule has 1 aromatic carbocycles. The Labute approximate surface area is 121 Å². The molecule has 0 saturated heterocycles. The van der Waals surface area contributed by atoms with E-state index in [1.54, 1.807) is 12.1 Å². The molecule has 108 valence electrons. The van der Waals surface area contributed by atoms with E-state index in [1.807, 2.05) is 25.1 Å². The molecule has 1 atom stereocenters. The summed E-state index contributed by atoms with van der Waals surface area (Å²) in [5.74, 6) is 1.09. The standard InChI is InChI=1S/C15H15N3O3/c1-9(10-4-5-12-13(7-10)21-8-20-12)18-15(19)14-11(16)3-2-6-17-14/h2-7,9H,8,16H2,1H3,(H,18,19). The van der Waals surface area contributed by atoms with E-state index >= 15 is 0 Å². The van der Waals surface area contributed by atoms with E-state index in [0.29, 0.717) is 17.2 Å². The molecule has 6 nitrogen and oxygen atoms in total. The van der Waals surface area contributed by atoms with Crippen LogP contribution in [-0.2, 0) is 0 Å². The van der Waals surface area contributed by atoms with Crippen molar-refractivity contribution in [3.05, 3.63) is 47.8 Å². The van der Waals surface area contributed by atoms with Gasteiger partial charge in [0, 0.05) is 6.20 Å². The van der Waals surface area contributed by atoms with Gasteiger partial charge in [0.2, 0.25) is 6.79 Å². The average Bonchev–Trinajstić information content (AvgIpc) is 2.94. The second-order valence-electron chi connectivity index (χ2n) is 4.75. The number of nitrogens with zero attached hydrogens (tertiary/aromatic N) is 1. The zero-order valence-corrected chi connectivity index (χ0v) is 11.5. The van der Waals surface area contributed by atoms with E-state index < -0.39 is 0 Å². The molecule has 0 fully saturated rings. The number of carbonyl (C=O) groups excluding carboxylic acids is 1. The first-order valence-corrected chi connectivity index (χ1v) is 6.56. The summed E-state index contributed by atoms with van der Waals surface area (Å²) in [7, 11) is 0. The second-order valence-corrected chi connectivity index (χ2v) is 4.75. The molecule has 0 radical (unpaired) electrons. The Morgan fingerprint density at radius 1 is 1.33 bits per heavy atom. The molecule has 1 aliphatic heterocycles. The third-order valence-electron chi connectivity index (χ3n) is 3.30. The average molecular weight is 285 g/mol. The Hall–Kier alpha value is -2.76. The van der Waals surface area contributed by atoms with Crippen LogP contribution >= 0.6 is 0 Å². The van der Waals surface area contributed by atoms with Gasteiger partial charge in [-0.25, -0.2) is 4.98 Å². The zero-order chi connectivity index (χ0) is 14.8. The largest absolute Gasteiger partial charge is 0.454 e. The molecule has 0 spiro atoms. The second kappa shape index (κ2) is 5.32. The zero-order valence-electron chi connectivity index (χ0n) is 11.5. The molecule has 0 saturated carbocycles. The molecule has 1 amide bonds. The summed E-state index contributed by atoms with van der Waals surface area (Å²) in [5, 5.41) is 2.87. The number of pyridine rings is 1. The van der Waals surface area contributed by atoms with Gasteiger partial charge in [-0.05, 0) is 36.8 Å². The van der Waals surface area contributed by atoms with Gasteiger partial charge < -0.3 is 20.5 Å². The summed E-state index contributed by atoms with van der Waals surface area (Å²) in [6, 6.07) is 8.71. The quantitative estimate of drug-likeness (QED) is 0.899. The SMILES string of the molecule is CC(NC(=O)c1ncccc1N)c1ccc2c(c1)OCO2. The molecule has 1 aliphatic rings. The number of benzene rings is 1. The number of nitrogens with two attached hydrogens (primary N) is 1. The van der Waals surface area contributed by atoms with Crippen molar-refractivity contribution >= 4 is 11.6 Å². The van der Waals surface area contributed by atoms with Crippen LogP contribution in [-0.4, -0.2) is 17.7 Å². The Balaban J connectivity index is 1.76. The number of nitrogens with one attached hydrogen (secondary N) is 1. The Kier molecular flexibility index (Phi) is 3.35. The van der Waals surface area contributed by atoms with Crippen molar-refractivity contribution in [1.29, 1.82) is 0 Å². The van der Waals surface area contributed by atoms with Crippen LogP contribution in [0.25, 0.3) is 0 Å². The molecule has 2 heterocycles. The van der Waals surface area contributed by atoms with Crippen molar-refractivity contribution in [2.45, 2.75) is 13.0 Å². The first kappa shape index (κ1) is 13.2. The molecule has 1 unspecified atom stereocenters. The van der Waals surface area contributed by atoms with Crippen LogP contribution in [0.2, 0.25) is 0 Å². The first-order valence-electron chi connectivity index (χ1n) is 6.56. The number of fused-ring (bicyclic) bond motifs is 1. The lowest BCUT2D eigenvalue weighted by atomic mass is 10.1. The molecule has 21 heavy (non-hydrogen) atoms. The number of hydrogen-bond acceptors (Lipinski definition) is 5. The minimum Gasteiger partial charge on any atom is -0.454 e. The fourth-order valence-electron chi connectivity index (χ4n) is 2.14. The van der Waals surface area contributed by atoms with Crippen molar-refractivity contribution in [3.8, 4) is 11.5 Å². The van der Waals surface area contributed by atoms with Crippen LogP contribution in [0.15, 0.2) is 36.5 Å². The number of anilines is 1. The maximum Gasteiger partial charge on any atom is 0.272 e. The van der Waals surface area contributed by atoms with Gasteiger partial charge in [-0.1, -0.05) is 6.07 Å². The van der Waals surface area contributed by atoms with E-state index in [1.165, 1.54) is 6.20 Å². The summed E-state index contributed by atoms with van der Waals surface area (Å²) in [6.45, 7) is 2.11. The van der Waals surface area contributed by atoms with Crippen LogP contribution in [0.5, 0.6) is 11.5 Å². The molecular weight excluding hydrogens is 270 g/mol. The minimum absolute atomic E-state index is 0.201. The maximum absolute atomic E-state index is 12.2. The molecule has 6 heteroatoms. The van der Waals surface area contributed by atoms with Gasteiger partial charge in [-0.2, -0.15) is 0 Å². The van der Waals surface area contributed by atoms with Gasteiger partial charge in [-0.3, -0.25) is 4.79 Å². The Morgan fingerprint density at radius 2 is 2.14 bits per heavy atom. The lowest BCUT2D eigenvalue weighted by Gasteiger charge is -2.15. The minimum atomic E-state index is -0.307. The van der Waals surface area contributed by atoms with Crippen molar-refractivity contribution in [3.63, 3.8) is 0 Å². The number of amides is 1. The van der Waals surface area contributed by atoms with Gasteiger partial charge >= 0.3 is 0 Å². The number of aromatic nitrogens is 1. The van der Waals surface area contributed by atoms with Crippen LogP contribution in [0.3, 0.4) is 0 Å². The highest BCUT2D eigenvalue weighted by molar-refractivity contribution is 5.97. The summed E-state index contributed by atoms with van der Waals surface area (Å²) in [6.07, 6.45) is 1.54. The molecule has 3 rings (SSSR count). The van der Waals surface area contributed by atoms with Gasteiger partial charge in [0.15, 0.2) is 17.2 Å². The smallest absolute Gasteiger partial charge is 0.272 e. The molecule has 0 aliphatic carbocycles. The lowest BCUT2D eigenvalue weighted by Crippen LogP contribution is -2.28. The number of carbonyl (C=O) groups is 1. The maximum atomic E-state index is 12.2. The number of nitrogen functional groups attached to an aromatic ring is 1. The van der Waals surface area contributed by atoms with Crippen molar-refractivity contribution in [2.75, 3.05) is 12.5 Å². The molecule has 2 aromatic rings. The van der Waals surface area contributed by atoms with Crippen LogP contribution < -0.4 is 20.5 Å². The van der Waals surface area contributed by atoms with Gasteiger partial charge in [0.25, 0.3) is 5.91 Å². The highest BCUT2D eigenvalue weighted by Gasteiger charge is 2.18. The van der Waals surface area contributed by atoms with Crippen molar-refractivity contribution < 1.29 is 14.3 Å². The number of hydrogen-bond donors (Lipinski definition) is 2. The topological polar surface area (TPSA) is 86.5 Å². The Bertz CT molecular complexity index is 688. The predicted octanol–water partition coefficient (Wildman–Crippen LogP) is 1.88. The highest BCUT2D eigenvalue weighted by atomic mass is 16.7. The highest BCUT2D eigenvalue weighted by Crippen LogP contribution is 2.34. The van der Waals surface area contributed by atoms with E-state index in [2.05, 4.69) is 10.3 Å². The van der Waals surface area contributed by atoms with Crippen LogP contribution in [0.4, 0.5) is 5.69 Å². The van der Waals surface area contributed by atoms with Crippen molar-refractivity contribution in [1.82, 2.24) is 10.3 Å². The lowest BCUT2D eigenvalue weighted by molar-refractivity contribution is 0.0935. The predicted molar refractivity (Wildman–Crippen MR) is 77.1 cm³/mol. The van der Waals surface area contributed by atoms with E-state index in [4.69, 9.17) is 15.2 Å². The third kappa shape index (κ3) is 2.60. The van der Waals surface area contributed by atoms with Crippen LogP contribution in [0, 0.1) is 0 Å².